The number of nitrogens with two attached hydrogens (primary N) is 1. The fourth-order valence-corrected chi connectivity index (χ4v) is 2.68. The molecule has 1 aliphatic rings. The highest BCUT2D eigenvalue weighted by molar-refractivity contribution is 5.39. The highest BCUT2D eigenvalue weighted by Gasteiger charge is 2.16. The van der Waals surface area contributed by atoms with E-state index in [1.54, 1.807) is 12.1 Å². The SMILES string of the molecule is NC1CCCc2cc(OCc3ccc(O)cc3)ccc21. The zero-order valence-electron chi connectivity index (χ0n) is 11.4. The Kier molecular flexibility index (Phi) is 3.61. The third-order valence-electron chi connectivity index (χ3n) is 3.82. The summed E-state index contributed by atoms with van der Waals surface area (Å²) in [5.74, 6) is 1.16. The molecule has 3 nitrogen and oxygen atoms in total. The predicted octanol–water partition coefficient (Wildman–Crippen LogP) is 3.31. The van der Waals surface area contributed by atoms with Crippen molar-refractivity contribution >= 4 is 0 Å². The van der Waals surface area contributed by atoms with Crippen molar-refractivity contribution in [3.05, 3.63) is 59.2 Å². The zero-order valence-corrected chi connectivity index (χ0v) is 11.4. The molecule has 2 aromatic carbocycles. The van der Waals surface area contributed by atoms with Crippen LogP contribution in [0.15, 0.2) is 42.5 Å². The summed E-state index contributed by atoms with van der Waals surface area (Å²) in [4.78, 5) is 0. The summed E-state index contributed by atoms with van der Waals surface area (Å²) in [5, 5.41) is 9.25. The fourth-order valence-electron chi connectivity index (χ4n) is 2.68. The average molecular weight is 269 g/mol. The maximum absolute atomic E-state index is 9.25. The Hall–Kier alpha value is -2.00. The molecule has 3 heteroatoms. The summed E-state index contributed by atoms with van der Waals surface area (Å²) in [6.45, 7) is 0.505. The third-order valence-corrected chi connectivity index (χ3v) is 3.82. The second-order valence-corrected chi connectivity index (χ2v) is 5.31. The Morgan fingerprint density at radius 2 is 1.95 bits per heavy atom. The normalized spacial score (nSPS) is 17.6. The molecule has 0 fully saturated rings. The number of aryl methyl sites for hydroxylation is 1. The van der Waals surface area contributed by atoms with Gasteiger partial charge in [0, 0.05) is 6.04 Å². The van der Waals surface area contributed by atoms with E-state index in [0.29, 0.717) is 6.61 Å². The summed E-state index contributed by atoms with van der Waals surface area (Å²) in [7, 11) is 0. The molecule has 104 valence electrons. The Balaban J connectivity index is 1.70. The molecule has 0 aliphatic heterocycles. The Bertz CT molecular complexity index is 592. The van der Waals surface area contributed by atoms with Crippen LogP contribution in [-0.2, 0) is 13.0 Å². The van der Waals surface area contributed by atoms with E-state index >= 15 is 0 Å². The molecule has 20 heavy (non-hydrogen) atoms. The van der Waals surface area contributed by atoms with Gasteiger partial charge < -0.3 is 15.6 Å². The van der Waals surface area contributed by atoms with Crippen molar-refractivity contribution in [3.8, 4) is 11.5 Å². The smallest absolute Gasteiger partial charge is 0.120 e. The molecule has 2 aromatic rings. The molecule has 3 N–H and O–H groups in total. The summed E-state index contributed by atoms with van der Waals surface area (Å²) in [5.41, 5.74) is 9.72. The van der Waals surface area contributed by atoms with E-state index in [1.807, 2.05) is 18.2 Å². The first-order valence-corrected chi connectivity index (χ1v) is 7.01. The summed E-state index contributed by atoms with van der Waals surface area (Å²) < 4.78 is 5.81. The van der Waals surface area contributed by atoms with Crippen molar-refractivity contribution in [3.63, 3.8) is 0 Å². The van der Waals surface area contributed by atoms with Gasteiger partial charge in [0.25, 0.3) is 0 Å². The van der Waals surface area contributed by atoms with Gasteiger partial charge in [0.2, 0.25) is 0 Å². The minimum Gasteiger partial charge on any atom is -0.508 e. The molecule has 0 amide bonds. The highest BCUT2D eigenvalue weighted by atomic mass is 16.5. The molecule has 1 aliphatic carbocycles. The molecule has 0 spiro atoms. The standard InChI is InChI=1S/C17H19NO2/c18-17-3-1-2-13-10-15(8-9-16(13)17)20-11-12-4-6-14(19)7-5-12/h4-10,17,19H,1-3,11,18H2. The maximum atomic E-state index is 9.25. The van der Waals surface area contributed by atoms with Crippen LogP contribution in [-0.4, -0.2) is 5.11 Å². The van der Waals surface area contributed by atoms with E-state index in [2.05, 4.69) is 12.1 Å². The minimum absolute atomic E-state index is 0.171. The van der Waals surface area contributed by atoms with E-state index in [-0.39, 0.29) is 11.8 Å². The van der Waals surface area contributed by atoms with E-state index in [9.17, 15) is 5.11 Å². The Morgan fingerprint density at radius 3 is 2.75 bits per heavy atom. The van der Waals surface area contributed by atoms with Gasteiger partial charge in [0.05, 0.1) is 0 Å². The number of fused-ring (bicyclic) bond motifs is 1. The largest absolute Gasteiger partial charge is 0.508 e. The quantitative estimate of drug-likeness (QED) is 0.898. The average Bonchev–Trinajstić information content (AvgIpc) is 2.47. The number of phenols is 1. The molecule has 0 radical (unpaired) electrons. The Labute approximate surface area is 119 Å². The lowest BCUT2D eigenvalue weighted by molar-refractivity contribution is 0.305. The van der Waals surface area contributed by atoms with Crippen LogP contribution >= 0.6 is 0 Å². The van der Waals surface area contributed by atoms with Gasteiger partial charge in [-0.2, -0.15) is 0 Å². The van der Waals surface area contributed by atoms with Crippen LogP contribution in [0.4, 0.5) is 0 Å². The number of rotatable bonds is 3. The monoisotopic (exact) mass is 269 g/mol. The van der Waals surface area contributed by atoms with Crippen LogP contribution in [0, 0.1) is 0 Å². The third kappa shape index (κ3) is 2.78. The molecule has 0 bridgehead atoms. The highest BCUT2D eigenvalue weighted by Crippen LogP contribution is 2.30. The number of phenolic OH excluding ortho intramolecular Hbond substituents is 1. The van der Waals surface area contributed by atoms with Crippen LogP contribution in [0.25, 0.3) is 0 Å². The number of aromatic hydroxyl groups is 1. The van der Waals surface area contributed by atoms with Crippen molar-refractivity contribution in [1.82, 2.24) is 0 Å². The Morgan fingerprint density at radius 1 is 1.15 bits per heavy atom. The number of benzene rings is 2. The van der Waals surface area contributed by atoms with E-state index in [4.69, 9.17) is 10.5 Å². The first kappa shape index (κ1) is 13.0. The van der Waals surface area contributed by atoms with Crippen molar-refractivity contribution in [2.24, 2.45) is 5.73 Å². The van der Waals surface area contributed by atoms with Gasteiger partial charge in [-0.25, -0.2) is 0 Å². The van der Waals surface area contributed by atoms with Gasteiger partial charge >= 0.3 is 0 Å². The van der Waals surface area contributed by atoms with Crippen molar-refractivity contribution < 1.29 is 9.84 Å². The van der Waals surface area contributed by atoms with Crippen LogP contribution in [0.3, 0.4) is 0 Å². The van der Waals surface area contributed by atoms with Gasteiger partial charge in [-0.3, -0.25) is 0 Å². The second kappa shape index (κ2) is 5.55. The lowest BCUT2D eigenvalue weighted by Gasteiger charge is -2.22. The molecule has 0 saturated carbocycles. The van der Waals surface area contributed by atoms with E-state index in [0.717, 1.165) is 30.6 Å². The lowest BCUT2D eigenvalue weighted by atomic mass is 9.88. The molecule has 0 heterocycles. The van der Waals surface area contributed by atoms with Crippen LogP contribution in [0.5, 0.6) is 11.5 Å². The topological polar surface area (TPSA) is 55.5 Å². The maximum Gasteiger partial charge on any atom is 0.120 e. The van der Waals surface area contributed by atoms with E-state index < -0.39 is 0 Å². The first-order valence-electron chi connectivity index (χ1n) is 7.01. The molecular formula is C17H19NO2. The van der Waals surface area contributed by atoms with Crippen LogP contribution in [0.1, 0.15) is 35.6 Å². The molecule has 3 rings (SSSR count). The van der Waals surface area contributed by atoms with Gasteiger partial charge in [0.1, 0.15) is 18.1 Å². The number of hydrogen-bond donors (Lipinski definition) is 2. The van der Waals surface area contributed by atoms with Gasteiger partial charge in [0.15, 0.2) is 0 Å². The minimum atomic E-state index is 0.171. The second-order valence-electron chi connectivity index (χ2n) is 5.31. The van der Waals surface area contributed by atoms with E-state index in [1.165, 1.54) is 11.1 Å². The summed E-state index contributed by atoms with van der Waals surface area (Å²) in [6, 6.07) is 13.4. The molecule has 0 saturated heterocycles. The summed E-state index contributed by atoms with van der Waals surface area (Å²) >= 11 is 0. The van der Waals surface area contributed by atoms with Gasteiger partial charge in [-0.05, 0) is 60.2 Å². The number of ether oxygens (including phenoxy) is 1. The first-order chi connectivity index (χ1) is 9.72. The predicted molar refractivity (Wildman–Crippen MR) is 78.7 cm³/mol. The summed E-state index contributed by atoms with van der Waals surface area (Å²) in [6.07, 6.45) is 3.30. The molecular weight excluding hydrogens is 250 g/mol. The van der Waals surface area contributed by atoms with Crippen molar-refractivity contribution in [2.45, 2.75) is 31.9 Å². The van der Waals surface area contributed by atoms with Crippen LogP contribution in [0.2, 0.25) is 0 Å². The molecule has 0 aromatic heterocycles. The lowest BCUT2D eigenvalue weighted by Crippen LogP contribution is -2.17. The molecule has 1 atom stereocenters. The van der Waals surface area contributed by atoms with Crippen molar-refractivity contribution in [1.29, 1.82) is 0 Å². The van der Waals surface area contributed by atoms with Gasteiger partial charge in [-0.15, -0.1) is 0 Å². The van der Waals surface area contributed by atoms with Crippen molar-refractivity contribution in [2.75, 3.05) is 0 Å². The molecule has 1 unspecified atom stereocenters. The number of hydrogen-bond acceptors (Lipinski definition) is 3. The van der Waals surface area contributed by atoms with Gasteiger partial charge in [-0.1, -0.05) is 18.2 Å². The van der Waals surface area contributed by atoms with Crippen LogP contribution < -0.4 is 10.5 Å². The fraction of sp³-hybridized carbons (Fsp3) is 0.294. The zero-order chi connectivity index (χ0) is 13.9.